The van der Waals surface area contributed by atoms with Crippen LogP contribution in [0.3, 0.4) is 0 Å². The summed E-state index contributed by atoms with van der Waals surface area (Å²) in [5, 5.41) is 3.04. The average molecular weight is 327 g/mol. The topological polar surface area (TPSA) is 52.7 Å². The predicted molar refractivity (Wildman–Crippen MR) is 91.2 cm³/mol. The van der Waals surface area contributed by atoms with Gasteiger partial charge in [0.25, 0.3) is 5.91 Å². The molecule has 0 radical (unpaired) electrons. The van der Waals surface area contributed by atoms with Crippen molar-refractivity contribution < 1.29 is 9.59 Å². The van der Waals surface area contributed by atoms with E-state index in [0.29, 0.717) is 6.67 Å². The van der Waals surface area contributed by atoms with E-state index in [-0.39, 0.29) is 17.9 Å². The maximum absolute atomic E-state index is 13.0. The third-order valence-electron chi connectivity index (χ3n) is 6.05. The third kappa shape index (κ3) is 2.42. The van der Waals surface area contributed by atoms with Gasteiger partial charge in [0.2, 0.25) is 0 Å². The normalized spacial score (nSPS) is 30.5. The molecule has 1 saturated heterocycles. The zero-order valence-corrected chi connectivity index (χ0v) is 14.3. The number of amides is 3. The number of rotatable bonds is 2. The van der Waals surface area contributed by atoms with E-state index in [1.54, 1.807) is 0 Å². The summed E-state index contributed by atoms with van der Waals surface area (Å²) in [7, 11) is 0. The van der Waals surface area contributed by atoms with Gasteiger partial charge >= 0.3 is 6.03 Å². The zero-order chi connectivity index (χ0) is 16.7. The Balaban J connectivity index is 1.49. The molecule has 2 atom stereocenters. The SMILES string of the molecule is C[C@@H]1CCCC[C@@]12NC(=O)N(CN1CCc3ccccc3C1)C2=O. The van der Waals surface area contributed by atoms with Gasteiger partial charge in [-0.3, -0.25) is 9.69 Å². The quantitative estimate of drug-likeness (QED) is 0.849. The van der Waals surface area contributed by atoms with Gasteiger partial charge in [-0.15, -0.1) is 0 Å². The van der Waals surface area contributed by atoms with E-state index in [1.807, 2.05) is 0 Å². The lowest BCUT2D eigenvalue weighted by Gasteiger charge is -2.37. The second-order valence-electron chi connectivity index (χ2n) is 7.49. The first-order valence-corrected chi connectivity index (χ1v) is 9.03. The number of carbonyl (C=O) groups excluding carboxylic acids is 2. The minimum Gasteiger partial charge on any atom is -0.323 e. The molecule has 1 spiro atoms. The van der Waals surface area contributed by atoms with Crippen molar-refractivity contribution in [2.45, 2.75) is 51.1 Å². The Morgan fingerprint density at radius 3 is 2.79 bits per heavy atom. The maximum atomic E-state index is 13.0. The Hall–Kier alpha value is -1.88. The summed E-state index contributed by atoms with van der Waals surface area (Å²) in [4.78, 5) is 29.2. The van der Waals surface area contributed by atoms with Crippen molar-refractivity contribution in [1.82, 2.24) is 15.1 Å². The Bertz CT molecular complexity index is 674. The van der Waals surface area contributed by atoms with Crippen LogP contribution in [0.25, 0.3) is 0 Å². The molecule has 1 aromatic carbocycles. The fourth-order valence-corrected chi connectivity index (χ4v) is 4.50. The van der Waals surface area contributed by atoms with E-state index in [4.69, 9.17) is 0 Å². The largest absolute Gasteiger partial charge is 0.326 e. The first kappa shape index (κ1) is 15.6. The Morgan fingerprint density at radius 2 is 2.00 bits per heavy atom. The van der Waals surface area contributed by atoms with Crippen LogP contribution in [0.5, 0.6) is 0 Å². The monoisotopic (exact) mass is 327 g/mol. The number of fused-ring (bicyclic) bond motifs is 1. The average Bonchev–Trinajstić information content (AvgIpc) is 2.83. The van der Waals surface area contributed by atoms with Crippen LogP contribution in [-0.4, -0.2) is 40.5 Å². The summed E-state index contributed by atoms with van der Waals surface area (Å²) in [5.41, 5.74) is 2.03. The molecular weight excluding hydrogens is 302 g/mol. The van der Waals surface area contributed by atoms with Crippen molar-refractivity contribution in [3.05, 3.63) is 35.4 Å². The highest BCUT2D eigenvalue weighted by Gasteiger charge is 2.55. The number of imide groups is 1. The van der Waals surface area contributed by atoms with Crippen LogP contribution in [0.15, 0.2) is 24.3 Å². The van der Waals surface area contributed by atoms with Gasteiger partial charge in [-0.1, -0.05) is 44.0 Å². The van der Waals surface area contributed by atoms with E-state index in [1.165, 1.54) is 16.0 Å². The summed E-state index contributed by atoms with van der Waals surface area (Å²) in [6.07, 6.45) is 4.92. The number of benzene rings is 1. The fourth-order valence-electron chi connectivity index (χ4n) is 4.50. The van der Waals surface area contributed by atoms with Crippen molar-refractivity contribution >= 4 is 11.9 Å². The smallest absolute Gasteiger partial charge is 0.323 e. The lowest BCUT2D eigenvalue weighted by atomic mass is 9.73. The summed E-state index contributed by atoms with van der Waals surface area (Å²) < 4.78 is 0. The van der Waals surface area contributed by atoms with Gasteiger partial charge in [0.15, 0.2) is 0 Å². The predicted octanol–water partition coefficient (Wildman–Crippen LogP) is 2.50. The summed E-state index contributed by atoms with van der Waals surface area (Å²) in [5.74, 6) is 0.202. The van der Waals surface area contributed by atoms with Crippen molar-refractivity contribution in [2.75, 3.05) is 13.2 Å². The molecule has 128 valence electrons. The first-order chi connectivity index (χ1) is 11.6. The number of carbonyl (C=O) groups is 2. The van der Waals surface area contributed by atoms with E-state index in [9.17, 15) is 9.59 Å². The minimum absolute atomic E-state index is 0.0152. The molecule has 1 aliphatic carbocycles. The molecule has 2 heterocycles. The number of hydrogen-bond donors (Lipinski definition) is 1. The van der Waals surface area contributed by atoms with Crippen LogP contribution in [0.2, 0.25) is 0 Å². The highest BCUT2D eigenvalue weighted by Crippen LogP contribution is 2.38. The Morgan fingerprint density at radius 1 is 1.21 bits per heavy atom. The Labute approximate surface area is 143 Å². The van der Waals surface area contributed by atoms with Gasteiger partial charge in [0.05, 0.1) is 6.67 Å². The molecule has 5 nitrogen and oxygen atoms in total. The van der Waals surface area contributed by atoms with Crippen LogP contribution < -0.4 is 5.32 Å². The lowest BCUT2D eigenvalue weighted by Crippen LogP contribution is -2.54. The van der Waals surface area contributed by atoms with Crippen LogP contribution in [0, 0.1) is 5.92 Å². The highest BCUT2D eigenvalue weighted by molar-refractivity contribution is 6.07. The second-order valence-corrected chi connectivity index (χ2v) is 7.49. The zero-order valence-electron chi connectivity index (χ0n) is 14.3. The van der Waals surface area contributed by atoms with Gasteiger partial charge in [0.1, 0.15) is 5.54 Å². The molecule has 0 aromatic heterocycles. The standard InChI is InChI=1S/C19H25N3O2/c1-14-6-4-5-10-19(14)17(23)22(18(24)20-19)13-21-11-9-15-7-2-3-8-16(15)12-21/h2-3,7-8,14H,4-6,9-13H2,1H3,(H,20,24)/t14-,19-/m1/s1. The summed E-state index contributed by atoms with van der Waals surface area (Å²) >= 11 is 0. The molecule has 0 bridgehead atoms. The molecule has 2 fully saturated rings. The van der Waals surface area contributed by atoms with Crippen molar-refractivity contribution in [3.63, 3.8) is 0 Å². The molecular formula is C19H25N3O2. The van der Waals surface area contributed by atoms with Crippen LogP contribution in [-0.2, 0) is 17.8 Å². The van der Waals surface area contributed by atoms with E-state index >= 15 is 0 Å². The Kier molecular flexibility index (Phi) is 3.83. The number of nitrogens with zero attached hydrogens (tertiary/aromatic N) is 2. The fraction of sp³-hybridized carbons (Fsp3) is 0.579. The lowest BCUT2D eigenvalue weighted by molar-refractivity contribution is -0.135. The maximum Gasteiger partial charge on any atom is 0.326 e. The molecule has 3 amide bonds. The molecule has 2 aliphatic heterocycles. The van der Waals surface area contributed by atoms with E-state index in [2.05, 4.69) is 41.4 Å². The summed E-state index contributed by atoms with van der Waals surface area (Å²) in [6, 6.07) is 8.21. The third-order valence-corrected chi connectivity index (χ3v) is 6.05. The second kappa shape index (κ2) is 5.88. The van der Waals surface area contributed by atoms with Gasteiger partial charge in [-0.05, 0) is 36.3 Å². The number of nitrogens with one attached hydrogen (secondary N) is 1. The first-order valence-electron chi connectivity index (χ1n) is 9.03. The number of hydrogen-bond acceptors (Lipinski definition) is 3. The van der Waals surface area contributed by atoms with Crippen LogP contribution >= 0.6 is 0 Å². The molecule has 1 aromatic rings. The van der Waals surface area contributed by atoms with Crippen molar-refractivity contribution in [2.24, 2.45) is 5.92 Å². The van der Waals surface area contributed by atoms with E-state index in [0.717, 1.165) is 45.2 Å². The molecule has 3 aliphatic rings. The molecule has 5 heteroatoms. The van der Waals surface area contributed by atoms with E-state index < -0.39 is 5.54 Å². The molecule has 4 rings (SSSR count). The summed E-state index contributed by atoms with van der Waals surface area (Å²) in [6.45, 7) is 4.18. The van der Waals surface area contributed by atoms with Gasteiger partial charge in [-0.25, -0.2) is 9.69 Å². The van der Waals surface area contributed by atoms with Gasteiger partial charge in [0, 0.05) is 13.1 Å². The van der Waals surface area contributed by atoms with Gasteiger partial charge in [-0.2, -0.15) is 0 Å². The molecule has 0 unspecified atom stereocenters. The molecule has 1 N–H and O–H groups in total. The minimum atomic E-state index is -0.650. The van der Waals surface area contributed by atoms with Crippen LogP contribution in [0.4, 0.5) is 4.79 Å². The number of urea groups is 1. The van der Waals surface area contributed by atoms with Gasteiger partial charge < -0.3 is 5.32 Å². The van der Waals surface area contributed by atoms with Crippen molar-refractivity contribution in [1.29, 1.82) is 0 Å². The molecule has 1 saturated carbocycles. The molecule has 24 heavy (non-hydrogen) atoms. The highest BCUT2D eigenvalue weighted by atomic mass is 16.2. The van der Waals surface area contributed by atoms with Crippen LogP contribution in [0.1, 0.15) is 43.7 Å². The van der Waals surface area contributed by atoms with Crippen molar-refractivity contribution in [3.8, 4) is 0 Å².